The first-order valence-corrected chi connectivity index (χ1v) is 6.96. The number of carbonyl (C=O) groups excluding carboxylic acids is 1. The van der Waals surface area contributed by atoms with Crippen molar-refractivity contribution in [1.29, 1.82) is 0 Å². The predicted molar refractivity (Wildman–Crippen MR) is 87.6 cm³/mol. The predicted octanol–water partition coefficient (Wildman–Crippen LogP) is 3.97. The first kappa shape index (κ1) is 14.9. The van der Waals surface area contributed by atoms with Crippen molar-refractivity contribution >= 4 is 17.4 Å². The first-order chi connectivity index (χ1) is 9.95. The molecular weight excluding hydrogens is 262 g/mol. The van der Waals surface area contributed by atoms with E-state index < -0.39 is 6.03 Å². The second-order valence-corrected chi connectivity index (χ2v) is 5.30. The number of primary amides is 1. The molecule has 1 unspecified atom stereocenters. The van der Waals surface area contributed by atoms with E-state index in [0.29, 0.717) is 5.69 Å². The van der Waals surface area contributed by atoms with E-state index in [-0.39, 0.29) is 6.04 Å². The summed E-state index contributed by atoms with van der Waals surface area (Å²) >= 11 is 0. The van der Waals surface area contributed by atoms with E-state index in [2.05, 4.69) is 49.6 Å². The van der Waals surface area contributed by atoms with Crippen LogP contribution in [0.4, 0.5) is 16.2 Å². The molecule has 0 saturated heterocycles. The van der Waals surface area contributed by atoms with Gasteiger partial charge in [-0.05, 0) is 55.7 Å². The summed E-state index contributed by atoms with van der Waals surface area (Å²) in [5.41, 5.74) is 10.5. The van der Waals surface area contributed by atoms with Gasteiger partial charge in [0.2, 0.25) is 0 Å². The van der Waals surface area contributed by atoms with E-state index >= 15 is 0 Å². The second-order valence-electron chi connectivity index (χ2n) is 5.30. The average molecular weight is 283 g/mol. The number of amides is 2. The second kappa shape index (κ2) is 6.31. The van der Waals surface area contributed by atoms with Gasteiger partial charge >= 0.3 is 6.03 Å². The van der Waals surface area contributed by atoms with Gasteiger partial charge in [-0.15, -0.1) is 0 Å². The standard InChI is InChI=1S/C17H21N3O/c1-11-4-5-12(2)16(10-11)19-13(3)14-6-8-15(9-7-14)20-17(18)21/h4-10,13,19H,1-3H3,(H3,18,20,21). The molecule has 0 fully saturated rings. The molecule has 2 aromatic carbocycles. The van der Waals surface area contributed by atoms with E-state index in [0.717, 1.165) is 11.3 Å². The fraction of sp³-hybridized carbons (Fsp3) is 0.235. The molecule has 0 saturated carbocycles. The van der Waals surface area contributed by atoms with Crippen molar-refractivity contribution in [3.05, 3.63) is 59.2 Å². The number of nitrogens with two attached hydrogens (primary N) is 1. The quantitative estimate of drug-likeness (QED) is 0.794. The number of nitrogens with one attached hydrogen (secondary N) is 2. The lowest BCUT2D eigenvalue weighted by atomic mass is 10.1. The van der Waals surface area contributed by atoms with Gasteiger partial charge in [-0.3, -0.25) is 0 Å². The van der Waals surface area contributed by atoms with Gasteiger partial charge in [0, 0.05) is 17.4 Å². The molecule has 0 heterocycles. The van der Waals surface area contributed by atoms with Crippen molar-refractivity contribution < 1.29 is 4.79 Å². The Morgan fingerprint density at radius 3 is 2.38 bits per heavy atom. The zero-order valence-electron chi connectivity index (χ0n) is 12.6. The summed E-state index contributed by atoms with van der Waals surface area (Å²) in [4.78, 5) is 10.8. The number of hydrogen-bond donors (Lipinski definition) is 3. The maximum Gasteiger partial charge on any atom is 0.316 e. The molecule has 2 aromatic rings. The summed E-state index contributed by atoms with van der Waals surface area (Å²) < 4.78 is 0. The van der Waals surface area contributed by atoms with Crippen LogP contribution < -0.4 is 16.4 Å². The van der Waals surface area contributed by atoms with Crippen molar-refractivity contribution in [1.82, 2.24) is 0 Å². The fourth-order valence-electron chi connectivity index (χ4n) is 2.21. The Bertz CT molecular complexity index is 635. The highest BCUT2D eigenvalue weighted by Crippen LogP contribution is 2.24. The Morgan fingerprint density at radius 1 is 1.10 bits per heavy atom. The third kappa shape index (κ3) is 3.99. The third-order valence-corrected chi connectivity index (χ3v) is 3.44. The zero-order chi connectivity index (χ0) is 15.4. The summed E-state index contributed by atoms with van der Waals surface area (Å²) in [6.45, 7) is 6.28. The highest BCUT2D eigenvalue weighted by molar-refractivity contribution is 5.87. The number of benzene rings is 2. The Hall–Kier alpha value is -2.49. The molecule has 110 valence electrons. The van der Waals surface area contributed by atoms with E-state index in [9.17, 15) is 4.79 Å². The number of anilines is 2. The number of hydrogen-bond acceptors (Lipinski definition) is 2. The lowest BCUT2D eigenvalue weighted by molar-refractivity contribution is 0.259. The van der Waals surface area contributed by atoms with Crippen LogP contribution >= 0.6 is 0 Å². The smallest absolute Gasteiger partial charge is 0.316 e. The molecule has 2 amide bonds. The Balaban J connectivity index is 2.11. The molecule has 0 aromatic heterocycles. The Kier molecular flexibility index (Phi) is 4.48. The molecule has 0 aliphatic carbocycles. The average Bonchev–Trinajstić information content (AvgIpc) is 2.43. The molecule has 2 rings (SSSR count). The number of urea groups is 1. The van der Waals surface area contributed by atoms with Gasteiger partial charge in [-0.1, -0.05) is 24.3 Å². The lowest BCUT2D eigenvalue weighted by Crippen LogP contribution is -2.19. The van der Waals surface area contributed by atoms with Gasteiger partial charge in [0.25, 0.3) is 0 Å². The summed E-state index contributed by atoms with van der Waals surface area (Å²) in [6, 6.07) is 13.6. The normalized spacial score (nSPS) is 11.8. The van der Waals surface area contributed by atoms with Gasteiger partial charge in [-0.25, -0.2) is 4.79 Å². The van der Waals surface area contributed by atoms with Crippen molar-refractivity contribution in [3.63, 3.8) is 0 Å². The van der Waals surface area contributed by atoms with Gasteiger partial charge in [0.05, 0.1) is 0 Å². The van der Waals surface area contributed by atoms with Crippen molar-refractivity contribution in [2.45, 2.75) is 26.8 Å². The van der Waals surface area contributed by atoms with Crippen LogP contribution in [0.5, 0.6) is 0 Å². The summed E-state index contributed by atoms with van der Waals surface area (Å²) in [5, 5.41) is 6.07. The molecule has 4 nitrogen and oxygen atoms in total. The molecule has 21 heavy (non-hydrogen) atoms. The SMILES string of the molecule is Cc1ccc(C)c(NC(C)c2ccc(NC(N)=O)cc2)c1. The van der Waals surface area contributed by atoms with Crippen molar-refractivity contribution in [3.8, 4) is 0 Å². The van der Waals surface area contributed by atoms with E-state index in [1.165, 1.54) is 11.1 Å². The van der Waals surface area contributed by atoms with Crippen LogP contribution in [0, 0.1) is 13.8 Å². The van der Waals surface area contributed by atoms with Crippen LogP contribution in [-0.2, 0) is 0 Å². The van der Waals surface area contributed by atoms with Gasteiger partial charge in [-0.2, -0.15) is 0 Å². The Labute approximate surface area is 125 Å². The molecule has 0 radical (unpaired) electrons. The molecule has 4 heteroatoms. The molecule has 1 atom stereocenters. The minimum Gasteiger partial charge on any atom is -0.378 e. The highest BCUT2D eigenvalue weighted by atomic mass is 16.2. The zero-order valence-corrected chi connectivity index (χ0v) is 12.6. The summed E-state index contributed by atoms with van der Waals surface area (Å²) in [7, 11) is 0. The third-order valence-electron chi connectivity index (χ3n) is 3.44. The van der Waals surface area contributed by atoms with Crippen LogP contribution in [0.1, 0.15) is 29.7 Å². The van der Waals surface area contributed by atoms with Crippen LogP contribution in [0.15, 0.2) is 42.5 Å². The van der Waals surface area contributed by atoms with Crippen LogP contribution in [0.25, 0.3) is 0 Å². The van der Waals surface area contributed by atoms with Crippen molar-refractivity contribution in [2.24, 2.45) is 5.73 Å². The van der Waals surface area contributed by atoms with Gasteiger partial charge in [0.15, 0.2) is 0 Å². The molecule has 0 bridgehead atoms. The molecule has 4 N–H and O–H groups in total. The van der Waals surface area contributed by atoms with E-state index in [1.807, 2.05) is 24.3 Å². The molecule has 0 aliphatic heterocycles. The van der Waals surface area contributed by atoms with Crippen LogP contribution in [0.3, 0.4) is 0 Å². The van der Waals surface area contributed by atoms with Gasteiger partial charge in [0.1, 0.15) is 0 Å². The van der Waals surface area contributed by atoms with Crippen LogP contribution in [0.2, 0.25) is 0 Å². The van der Waals surface area contributed by atoms with Gasteiger partial charge < -0.3 is 16.4 Å². The number of aryl methyl sites for hydroxylation is 2. The summed E-state index contributed by atoms with van der Waals surface area (Å²) in [6.07, 6.45) is 0. The highest BCUT2D eigenvalue weighted by Gasteiger charge is 2.07. The summed E-state index contributed by atoms with van der Waals surface area (Å²) in [5.74, 6) is 0. The number of rotatable bonds is 4. The minimum absolute atomic E-state index is 0.174. The topological polar surface area (TPSA) is 67.2 Å². The lowest BCUT2D eigenvalue weighted by Gasteiger charge is -2.18. The van der Waals surface area contributed by atoms with Crippen molar-refractivity contribution in [2.75, 3.05) is 10.6 Å². The monoisotopic (exact) mass is 283 g/mol. The first-order valence-electron chi connectivity index (χ1n) is 6.96. The maximum absolute atomic E-state index is 10.8. The minimum atomic E-state index is -0.552. The van der Waals surface area contributed by atoms with Crippen LogP contribution in [-0.4, -0.2) is 6.03 Å². The maximum atomic E-state index is 10.8. The molecule has 0 aliphatic rings. The molecule has 0 spiro atoms. The van der Waals surface area contributed by atoms with E-state index in [1.54, 1.807) is 0 Å². The largest absolute Gasteiger partial charge is 0.378 e. The van der Waals surface area contributed by atoms with E-state index in [4.69, 9.17) is 5.73 Å². The fourth-order valence-corrected chi connectivity index (χ4v) is 2.21. The number of carbonyl (C=O) groups is 1. The Morgan fingerprint density at radius 2 is 1.76 bits per heavy atom. The molecular formula is C17H21N3O.